The summed E-state index contributed by atoms with van der Waals surface area (Å²) in [5, 5.41) is 11.3. The Balaban J connectivity index is 1.28. The van der Waals surface area contributed by atoms with Gasteiger partial charge >= 0.3 is 0 Å². The Morgan fingerprint density at radius 3 is 2.72 bits per heavy atom. The second kappa shape index (κ2) is 6.93. The summed E-state index contributed by atoms with van der Waals surface area (Å²) in [5.41, 5.74) is 0. The fraction of sp³-hybridized carbons (Fsp3) is 0.706. The maximum atomic E-state index is 12.4. The van der Waals surface area contributed by atoms with E-state index in [1.165, 1.54) is 18.7 Å². The van der Waals surface area contributed by atoms with Gasteiger partial charge in [-0.05, 0) is 49.0 Å². The molecule has 0 aromatic carbocycles. The van der Waals surface area contributed by atoms with Crippen molar-refractivity contribution in [3.63, 3.8) is 0 Å². The molecular weight excluding hydrogens is 318 g/mol. The highest BCUT2D eigenvalue weighted by molar-refractivity contribution is 5.76. The molecule has 4 rings (SSSR count). The van der Waals surface area contributed by atoms with Crippen LogP contribution >= 0.6 is 0 Å². The lowest BCUT2D eigenvalue weighted by Crippen LogP contribution is -2.38. The maximum absolute atomic E-state index is 12.4. The number of piperidine rings is 1. The summed E-state index contributed by atoms with van der Waals surface area (Å²) in [5.74, 6) is 3.47. The number of aromatic nitrogens is 6. The van der Waals surface area contributed by atoms with E-state index in [4.69, 9.17) is 0 Å². The molecule has 0 unspecified atom stereocenters. The SMILES string of the molecule is Cc1nnnn1CCC(=O)N1CCC(c2nccn2CC2CC2)CC1. The molecule has 134 valence electrons. The van der Waals surface area contributed by atoms with E-state index in [2.05, 4.69) is 31.3 Å². The van der Waals surface area contributed by atoms with Gasteiger partial charge in [-0.3, -0.25) is 4.79 Å². The summed E-state index contributed by atoms with van der Waals surface area (Å²) in [6.07, 6.45) is 9.18. The lowest BCUT2D eigenvalue weighted by molar-refractivity contribution is -0.132. The molecule has 0 bridgehead atoms. The topological polar surface area (TPSA) is 81.7 Å². The number of rotatable bonds is 6. The van der Waals surface area contributed by atoms with Crippen LogP contribution in [-0.2, 0) is 17.9 Å². The van der Waals surface area contributed by atoms with Gasteiger partial charge in [0.2, 0.25) is 5.91 Å². The number of hydrogen-bond donors (Lipinski definition) is 0. The standard InChI is InChI=1S/C17H25N7O/c1-13-19-20-21-24(13)10-6-16(25)22-8-4-15(5-9-22)17-18-7-11-23(17)12-14-2-3-14/h7,11,14-15H,2-6,8-10,12H2,1H3. The van der Waals surface area contributed by atoms with Crippen molar-refractivity contribution in [1.82, 2.24) is 34.7 Å². The molecule has 1 amide bonds. The molecular formula is C17H25N7O. The van der Waals surface area contributed by atoms with Crippen molar-refractivity contribution >= 4 is 5.91 Å². The number of aryl methyl sites for hydroxylation is 2. The van der Waals surface area contributed by atoms with Crippen molar-refractivity contribution in [1.29, 1.82) is 0 Å². The predicted molar refractivity (Wildman–Crippen MR) is 90.7 cm³/mol. The van der Waals surface area contributed by atoms with Gasteiger partial charge in [-0.1, -0.05) is 0 Å². The van der Waals surface area contributed by atoms with Crippen LogP contribution in [-0.4, -0.2) is 53.7 Å². The maximum Gasteiger partial charge on any atom is 0.224 e. The first-order valence-electron chi connectivity index (χ1n) is 9.22. The van der Waals surface area contributed by atoms with Gasteiger partial charge < -0.3 is 9.47 Å². The molecule has 8 nitrogen and oxygen atoms in total. The van der Waals surface area contributed by atoms with E-state index < -0.39 is 0 Å². The molecule has 2 aromatic heterocycles. The van der Waals surface area contributed by atoms with Crippen LogP contribution in [0.2, 0.25) is 0 Å². The van der Waals surface area contributed by atoms with Crippen LogP contribution in [0.4, 0.5) is 0 Å². The monoisotopic (exact) mass is 343 g/mol. The lowest BCUT2D eigenvalue weighted by atomic mass is 9.95. The number of carbonyl (C=O) groups is 1. The Morgan fingerprint density at radius 2 is 2.04 bits per heavy atom. The van der Waals surface area contributed by atoms with Crippen molar-refractivity contribution in [2.45, 2.75) is 58.0 Å². The lowest BCUT2D eigenvalue weighted by Gasteiger charge is -2.32. The van der Waals surface area contributed by atoms with Gasteiger partial charge in [0.1, 0.15) is 11.6 Å². The number of nitrogens with zero attached hydrogens (tertiary/aromatic N) is 7. The third-order valence-corrected chi connectivity index (χ3v) is 5.36. The van der Waals surface area contributed by atoms with Crippen LogP contribution in [0, 0.1) is 12.8 Å². The smallest absolute Gasteiger partial charge is 0.224 e. The number of tetrazole rings is 1. The quantitative estimate of drug-likeness (QED) is 0.791. The zero-order chi connectivity index (χ0) is 17.2. The minimum atomic E-state index is 0.190. The van der Waals surface area contributed by atoms with Gasteiger partial charge in [0.25, 0.3) is 0 Å². The zero-order valence-electron chi connectivity index (χ0n) is 14.7. The van der Waals surface area contributed by atoms with Crippen LogP contribution in [0.3, 0.4) is 0 Å². The van der Waals surface area contributed by atoms with E-state index in [-0.39, 0.29) is 5.91 Å². The van der Waals surface area contributed by atoms with Crippen molar-refractivity contribution in [2.75, 3.05) is 13.1 Å². The van der Waals surface area contributed by atoms with Crippen LogP contribution in [0.5, 0.6) is 0 Å². The minimum absolute atomic E-state index is 0.190. The number of imidazole rings is 1. The van der Waals surface area contributed by atoms with Gasteiger partial charge in [-0.25, -0.2) is 9.67 Å². The molecule has 1 saturated heterocycles. The number of amides is 1. The third kappa shape index (κ3) is 3.72. The number of hydrogen-bond acceptors (Lipinski definition) is 5. The predicted octanol–water partition coefficient (Wildman–Crippen LogP) is 1.38. The molecule has 2 aliphatic rings. The Bertz CT molecular complexity index is 725. The van der Waals surface area contributed by atoms with Gasteiger partial charge in [-0.15, -0.1) is 5.10 Å². The first-order chi connectivity index (χ1) is 12.2. The summed E-state index contributed by atoms with van der Waals surface area (Å²) in [6, 6.07) is 0. The Kier molecular flexibility index (Phi) is 4.50. The van der Waals surface area contributed by atoms with E-state index >= 15 is 0 Å². The minimum Gasteiger partial charge on any atom is -0.343 e. The first kappa shape index (κ1) is 16.2. The van der Waals surface area contributed by atoms with E-state index in [9.17, 15) is 4.79 Å². The van der Waals surface area contributed by atoms with E-state index in [0.29, 0.717) is 18.9 Å². The molecule has 1 saturated carbocycles. The van der Waals surface area contributed by atoms with Crippen molar-refractivity contribution in [3.8, 4) is 0 Å². The van der Waals surface area contributed by atoms with Crippen molar-refractivity contribution < 1.29 is 4.79 Å². The first-order valence-corrected chi connectivity index (χ1v) is 9.22. The summed E-state index contributed by atoms with van der Waals surface area (Å²) < 4.78 is 4.01. The van der Waals surface area contributed by atoms with Crippen molar-refractivity contribution in [3.05, 3.63) is 24.0 Å². The average molecular weight is 343 g/mol. The highest BCUT2D eigenvalue weighted by Gasteiger charge is 2.28. The highest BCUT2D eigenvalue weighted by Crippen LogP contribution is 2.33. The second-order valence-corrected chi connectivity index (χ2v) is 7.24. The Labute approximate surface area is 147 Å². The average Bonchev–Trinajstić information content (AvgIpc) is 3.16. The molecule has 3 heterocycles. The second-order valence-electron chi connectivity index (χ2n) is 7.24. The zero-order valence-corrected chi connectivity index (χ0v) is 14.7. The Morgan fingerprint density at radius 1 is 1.24 bits per heavy atom. The molecule has 2 aromatic rings. The molecule has 1 aliphatic carbocycles. The van der Waals surface area contributed by atoms with Crippen LogP contribution < -0.4 is 0 Å². The van der Waals surface area contributed by atoms with Gasteiger partial charge in [0.05, 0.1) is 6.54 Å². The van der Waals surface area contributed by atoms with Crippen LogP contribution in [0.15, 0.2) is 12.4 Å². The van der Waals surface area contributed by atoms with Crippen molar-refractivity contribution in [2.24, 2.45) is 5.92 Å². The molecule has 8 heteroatoms. The normalized spacial score (nSPS) is 18.7. The van der Waals surface area contributed by atoms with Crippen LogP contribution in [0.1, 0.15) is 49.7 Å². The molecule has 0 radical (unpaired) electrons. The van der Waals surface area contributed by atoms with Crippen LogP contribution in [0.25, 0.3) is 0 Å². The molecule has 1 aliphatic heterocycles. The molecule has 25 heavy (non-hydrogen) atoms. The number of carbonyl (C=O) groups excluding carboxylic acids is 1. The fourth-order valence-corrected chi connectivity index (χ4v) is 3.62. The van der Waals surface area contributed by atoms with Gasteiger partial charge in [0, 0.05) is 44.4 Å². The van der Waals surface area contributed by atoms with Gasteiger partial charge in [0.15, 0.2) is 0 Å². The summed E-state index contributed by atoms with van der Waals surface area (Å²) in [6.45, 7) is 5.13. The summed E-state index contributed by atoms with van der Waals surface area (Å²) >= 11 is 0. The Hall–Kier alpha value is -2.25. The van der Waals surface area contributed by atoms with E-state index in [1.54, 1.807) is 4.68 Å². The van der Waals surface area contributed by atoms with Gasteiger partial charge in [-0.2, -0.15) is 0 Å². The largest absolute Gasteiger partial charge is 0.343 e. The molecule has 0 spiro atoms. The highest BCUT2D eigenvalue weighted by atomic mass is 16.2. The third-order valence-electron chi connectivity index (χ3n) is 5.36. The summed E-state index contributed by atoms with van der Waals surface area (Å²) in [7, 11) is 0. The molecule has 0 N–H and O–H groups in total. The number of likely N-dealkylation sites (tertiary alicyclic amines) is 1. The van der Waals surface area contributed by atoms with E-state index in [0.717, 1.165) is 44.2 Å². The summed E-state index contributed by atoms with van der Waals surface area (Å²) in [4.78, 5) is 19.0. The fourth-order valence-electron chi connectivity index (χ4n) is 3.62. The molecule has 0 atom stereocenters. The molecule has 2 fully saturated rings. The van der Waals surface area contributed by atoms with E-state index in [1.807, 2.05) is 18.0 Å².